The molecule has 1 atom stereocenters. The summed E-state index contributed by atoms with van der Waals surface area (Å²) >= 11 is 3.51. The van der Waals surface area contributed by atoms with Crippen LogP contribution in [0.25, 0.3) is 10.8 Å². The first kappa shape index (κ1) is 14.7. The highest BCUT2D eigenvalue weighted by Crippen LogP contribution is 2.29. The maximum atomic E-state index is 12.5. The van der Waals surface area contributed by atoms with Crippen molar-refractivity contribution < 1.29 is 9.53 Å². The first-order chi connectivity index (χ1) is 10.7. The molecule has 0 radical (unpaired) electrons. The third-order valence-corrected chi connectivity index (χ3v) is 4.19. The summed E-state index contributed by atoms with van der Waals surface area (Å²) < 4.78 is 6.48. The number of fused-ring (bicyclic) bond motifs is 1. The number of aromatic nitrogens is 1. The van der Waals surface area contributed by atoms with E-state index in [-0.39, 0.29) is 12.1 Å². The summed E-state index contributed by atoms with van der Waals surface area (Å²) in [6.45, 7) is 1.85. The van der Waals surface area contributed by atoms with Crippen LogP contribution in [0.2, 0.25) is 0 Å². The Kier molecular flexibility index (Phi) is 4.20. The van der Waals surface area contributed by atoms with Crippen LogP contribution in [0.3, 0.4) is 0 Å². The monoisotopic (exact) mass is 355 g/mol. The predicted octanol–water partition coefficient (Wildman–Crippen LogP) is 4.92. The number of hydrogen-bond acceptors (Lipinski definition) is 3. The number of pyridine rings is 1. The Balaban J connectivity index is 1.93. The molecule has 0 unspecified atom stereocenters. The minimum atomic E-state index is -0.332. The van der Waals surface area contributed by atoms with Gasteiger partial charge >= 0.3 is 5.97 Å². The zero-order valence-corrected chi connectivity index (χ0v) is 13.6. The number of carbonyl (C=O) groups is 1. The second kappa shape index (κ2) is 6.28. The van der Waals surface area contributed by atoms with Gasteiger partial charge in [-0.1, -0.05) is 40.2 Å². The van der Waals surface area contributed by atoms with E-state index in [0.717, 1.165) is 20.8 Å². The van der Waals surface area contributed by atoms with Gasteiger partial charge in [-0.25, -0.2) is 4.79 Å². The molecule has 3 nitrogen and oxygen atoms in total. The van der Waals surface area contributed by atoms with Gasteiger partial charge in [0.15, 0.2) is 0 Å². The fourth-order valence-corrected chi connectivity index (χ4v) is 2.99. The molecule has 1 heterocycles. The van der Waals surface area contributed by atoms with Crippen LogP contribution in [0.5, 0.6) is 0 Å². The Labute approximate surface area is 137 Å². The average Bonchev–Trinajstić information content (AvgIpc) is 2.55. The molecule has 0 aliphatic heterocycles. The van der Waals surface area contributed by atoms with Crippen LogP contribution in [0.4, 0.5) is 0 Å². The number of halogens is 1. The molecule has 0 spiro atoms. The average molecular weight is 356 g/mol. The normalized spacial score (nSPS) is 12.1. The van der Waals surface area contributed by atoms with Gasteiger partial charge < -0.3 is 4.74 Å². The molecule has 110 valence electrons. The van der Waals surface area contributed by atoms with E-state index in [1.807, 2.05) is 49.4 Å². The van der Waals surface area contributed by atoms with Crippen LogP contribution in [-0.4, -0.2) is 11.0 Å². The zero-order chi connectivity index (χ0) is 15.5. The quantitative estimate of drug-likeness (QED) is 0.626. The minimum absolute atomic E-state index is 0.326. The summed E-state index contributed by atoms with van der Waals surface area (Å²) in [6, 6.07) is 15.2. The number of hydrogen-bond donors (Lipinski definition) is 0. The summed E-state index contributed by atoms with van der Waals surface area (Å²) in [5.74, 6) is -0.332. The molecular weight excluding hydrogens is 342 g/mol. The molecule has 0 fully saturated rings. The van der Waals surface area contributed by atoms with Crippen molar-refractivity contribution in [1.29, 1.82) is 0 Å². The Morgan fingerprint density at radius 2 is 1.77 bits per heavy atom. The molecule has 3 rings (SSSR count). The van der Waals surface area contributed by atoms with Gasteiger partial charge in [-0.15, -0.1) is 0 Å². The van der Waals surface area contributed by atoms with E-state index in [0.29, 0.717) is 5.56 Å². The van der Waals surface area contributed by atoms with Gasteiger partial charge in [0.1, 0.15) is 6.10 Å². The Morgan fingerprint density at radius 3 is 2.50 bits per heavy atom. The molecular formula is C18H14BrNO2. The molecule has 0 aliphatic rings. The fraction of sp³-hybridized carbons (Fsp3) is 0.111. The van der Waals surface area contributed by atoms with Gasteiger partial charge in [-0.05, 0) is 42.1 Å². The number of nitrogens with zero attached hydrogens (tertiary/aromatic N) is 1. The molecule has 4 heteroatoms. The van der Waals surface area contributed by atoms with Gasteiger partial charge in [0, 0.05) is 22.3 Å². The lowest BCUT2D eigenvalue weighted by Crippen LogP contribution is -2.10. The summed E-state index contributed by atoms with van der Waals surface area (Å²) in [6.07, 6.45) is 3.05. The summed E-state index contributed by atoms with van der Waals surface area (Å²) in [5, 5.41) is 1.87. The summed E-state index contributed by atoms with van der Waals surface area (Å²) in [4.78, 5) is 16.5. The van der Waals surface area contributed by atoms with Crippen LogP contribution in [0, 0.1) is 0 Å². The van der Waals surface area contributed by atoms with Crippen LogP contribution in [-0.2, 0) is 4.74 Å². The van der Waals surface area contributed by atoms with E-state index >= 15 is 0 Å². The maximum Gasteiger partial charge on any atom is 0.339 e. The number of ether oxygens (including phenoxy) is 1. The fourth-order valence-electron chi connectivity index (χ4n) is 2.39. The molecule has 1 aromatic heterocycles. The number of rotatable bonds is 3. The second-order valence-electron chi connectivity index (χ2n) is 4.97. The Hall–Kier alpha value is -2.20. The largest absolute Gasteiger partial charge is 0.454 e. The van der Waals surface area contributed by atoms with Crippen molar-refractivity contribution in [3.8, 4) is 0 Å². The number of benzene rings is 2. The summed E-state index contributed by atoms with van der Waals surface area (Å²) in [7, 11) is 0. The minimum Gasteiger partial charge on any atom is -0.454 e. The lowest BCUT2D eigenvalue weighted by atomic mass is 10.0. The predicted molar refractivity (Wildman–Crippen MR) is 89.7 cm³/mol. The van der Waals surface area contributed by atoms with Crippen molar-refractivity contribution >= 4 is 32.7 Å². The summed E-state index contributed by atoms with van der Waals surface area (Å²) in [5.41, 5.74) is 1.48. The van der Waals surface area contributed by atoms with Crippen molar-refractivity contribution in [1.82, 2.24) is 4.98 Å². The highest BCUT2D eigenvalue weighted by atomic mass is 79.9. The van der Waals surface area contributed by atoms with E-state index < -0.39 is 0 Å². The van der Waals surface area contributed by atoms with Gasteiger partial charge in [-0.3, -0.25) is 4.98 Å². The molecule has 0 aliphatic carbocycles. The second-order valence-corrected chi connectivity index (χ2v) is 5.83. The molecule has 0 saturated heterocycles. The van der Waals surface area contributed by atoms with Crippen LogP contribution in [0.15, 0.2) is 65.4 Å². The van der Waals surface area contributed by atoms with Crippen LogP contribution >= 0.6 is 15.9 Å². The van der Waals surface area contributed by atoms with Crippen molar-refractivity contribution in [2.24, 2.45) is 0 Å². The zero-order valence-electron chi connectivity index (χ0n) is 12.0. The van der Waals surface area contributed by atoms with E-state index in [4.69, 9.17) is 4.74 Å². The highest BCUT2D eigenvalue weighted by Gasteiger charge is 2.17. The third kappa shape index (κ3) is 2.88. The van der Waals surface area contributed by atoms with Crippen molar-refractivity contribution in [2.75, 3.05) is 0 Å². The van der Waals surface area contributed by atoms with Crippen LogP contribution < -0.4 is 0 Å². The molecule has 22 heavy (non-hydrogen) atoms. The molecule has 2 aromatic carbocycles. The van der Waals surface area contributed by atoms with E-state index in [1.54, 1.807) is 18.5 Å². The van der Waals surface area contributed by atoms with Crippen molar-refractivity contribution in [2.45, 2.75) is 13.0 Å². The number of carbonyl (C=O) groups excluding carboxylic acids is 1. The van der Waals surface area contributed by atoms with Crippen molar-refractivity contribution in [3.63, 3.8) is 0 Å². The number of esters is 1. The standard InChI is InChI=1S/C18H14BrNO2/c1-12(13-8-10-20-11-9-13)22-18(21)15-6-2-4-14-5-3-7-16(19)17(14)15/h2-12H,1H3/t12-/m0/s1. The van der Waals surface area contributed by atoms with E-state index in [9.17, 15) is 4.79 Å². The van der Waals surface area contributed by atoms with Crippen LogP contribution in [0.1, 0.15) is 28.9 Å². The molecule has 0 amide bonds. The van der Waals surface area contributed by atoms with Gasteiger partial charge in [0.05, 0.1) is 5.56 Å². The van der Waals surface area contributed by atoms with E-state index in [2.05, 4.69) is 20.9 Å². The molecule has 0 bridgehead atoms. The first-order valence-electron chi connectivity index (χ1n) is 6.95. The molecule has 3 aromatic rings. The van der Waals surface area contributed by atoms with E-state index in [1.165, 1.54) is 0 Å². The molecule has 0 saturated carbocycles. The van der Waals surface area contributed by atoms with Gasteiger partial charge in [-0.2, -0.15) is 0 Å². The SMILES string of the molecule is C[C@H](OC(=O)c1cccc2cccc(Br)c12)c1ccncc1. The smallest absolute Gasteiger partial charge is 0.339 e. The maximum absolute atomic E-state index is 12.5. The highest BCUT2D eigenvalue weighted by molar-refractivity contribution is 9.10. The third-order valence-electron chi connectivity index (χ3n) is 3.53. The Morgan fingerprint density at radius 1 is 1.09 bits per heavy atom. The lowest BCUT2D eigenvalue weighted by Gasteiger charge is -2.14. The van der Waals surface area contributed by atoms with Crippen molar-refractivity contribution in [3.05, 3.63) is 76.5 Å². The van der Waals surface area contributed by atoms with Gasteiger partial charge in [0.2, 0.25) is 0 Å². The molecule has 0 N–H and O–H groups in total. The topological polar surface area (TPSA) is 39.2 Å². The first-order valence-corrected chi connectivity index (χ1v) is 7.74. The Bertz CT molecular complexity index is 812. The lowest BCUT2D eigenvalue weighted by molar-refractivity contribution is 0.0340. The van der Waals surface area contributed by atoms with Gasteiger partial charge in [0.25, 0.3) is 0 Å².